The van der Waals surface area contributed by atoms with Crippen molar-refractivity contribution in [3.63, 3.8) is 0 Å². The van der Waals surface area contributed by atoms with E-state index in [1.807, 2.05) is 31.0 Å². The Morgan fingerprint density at radius 2 is 2.05 bits per heavy atom. The molecule has 116 valence electrons. The summed E-state index contributed by atoms with van der Waals surface area (Å²) in [6.45, 7) is 2.62. The van der Waals surface area contributed by atoms with E-state index in [2.05, 4.69) is 5.32 Å². The van der Waals surface area contributed by atoms with Gasteiger partial charge in [-0.05, 0) is 49.4 Å². The van der Waals surface area contributed by atoms with Crippen molar-refractivity contribution in [3.8, 4) is 0 Å². The van der Waals surface area contributed by atoms with Crippen LogP contribution in [0.4, 0.5) is 10.1 Å². The van der Waals surface area contributed by atoms with Crippen LogP contribution in [0.5, 0.6) is 0 Å². The number of halogens is 2. The van der Waals surface area contributed by atoms with Crippen LogP contribution >= 0.6 is 11.6 Å². The molecule has 0 atom stereocenters. The highest BCUT2D eigenvalue weighted by Crippen LogP contribution is 2.20. The highest BCUT2D eigenvalue weighted by molar-refractivity contribution is 6.31. The second-order valence-electron chi connectivity index (χ2n) is 5.31. The molecule has 0 aliphatic rings. The first-order chi connectivity index (χ1) is 10.4. The maximum absolute atomic E-state index is 13.1. The Morgan fingerprint density at radius 3 is 2.77 bits per heavy atom. The monoisotopic (exact) mass is 320 g/mol. The van der Waals surface area contributed by atoms with Crippen LogP contribution in [0.25, 0.3) is 0 Å². The van der Waals surface area contributed by atoms with Crippen LogP contribution in [0.2, 0.25) is 5.02 Å². The summed E-state index contributed by atoms with van der Waals surface area (Å²) < 4.78 is 13.1. The van der Waals surface area contributed by atoms with Crippen molar-refractivity contribution in [2.45, 2.75) is 13.5 Å². The van der Waals surface area contributed by atoms with E-state index in [0.29, 0.717) is 17.3 Å². The van der Waals surface area contributed by atoms with Gasteiger partial charge in [-0.1, -0.05) is 29.8 Å². The lowest BCUT2D eigenvalue weighted by Crippen LogP contribution is -2.30. The van der Waals surface area contributed by atoms with Gasteiger partial charge in [-0.15, -0.1) is 0 Å². The van der Waals surface area contributed by atoms with Crippen LogP contribution in [-0.4, -0.2) is 24.4 Å². The van der Waals surface area contributed by atoms with Gasteiger partial charge in [-0.2, -0.15) is 0 Å². The summed E-state index contributed by atoms with van der Waals surface area (Å²) in [6.07, 6.45) is 0. The van der Waals surface area contributed by atoms with Crippen LogP contribution in [0, 0.1) is 12.7 Å². The van der Waals surface area contributed by atoms with Crippen molar-refractivity contribution in [1.82, 2.24) is 4.90 Å². The van der Waals surface area contributed by atoms with E-state index < -0.39 is 0 Å². The molecule has 1 N–H and O–H groups in total. The first kappa shape index (κ1) is 16.5. The topological polar surface area (TPSA) is 32.3 Å². The lowest BCUT2D eigenvalue weighted by molar-refractivity contribution is -0.117. The zero-order chi connectivity index (χ0) is 16.1. The summed E-state index contributed by atoms with van der Waals surface area (Å²) in [5.41, 5.74) is 2.48. The first-order valence-electron chi connectivity index (χ1n) is 6.93. The smallest absolute Gasteiger partial charge is 0.238 e. The molecule has 0 saturated heterocycles. The van der Waals surface area contributed by atoms with E-state index in [1.54, 1.807) is 18.2 Å². The summed E-state index contributed by atoms with van der Waals surface area (Å²) in [5.74, 6) is -0.408. The minimum Gasteiger partial charge on any atom is -0.325 e. The average Bonchev–Trinajstić information content (AvgIpc) is 2.42. The standard InChI is InChI=1S/C17H18ClFN2O/c1-12-6-7-14(18)9-16(12)20-17(22)11-21(2)10-13-4-3-5-15(19)8-13/h3-9H,10-11H2,1-2H3,(H,20,22). The van der Waals surface area contributed by atoms with Gasteiger partial charge in [0.25, 0.3) is 0 Å². The number of nitrogens with zero attached hydrogens (tertiary/aromatic N) is 1. The molecule has 0 unspecified atom stereocenters. The van der Waals surface area contributed by atoms with Crippen molar-refractivity contribution < 1.29 is 9.18 Å². The van der Waals surface area contributed by atoms with Gasteiger partial charge in [0.1, 0.15) is 5.82 Å². The molecule has 0 saturated carbocycles. The highest BCUT2D eigenvalue weighted by atomic mass is 35.5. The zero-order valence-corrected chi connectivity index (χ0v) is 13.3. The molecule has 0 radical (unpaired) electrons. The molecule has 2 aromatic carbocycles. The number of rotatable bonds is 5. The highest BCUT2D eigenvalue weighted by Gasteiger charge is 2.09. The Balaban J connectivity index is 1.92. The van der Waals surface area contributed by atoms with Crippen LogP contribution in [-0.2, 0) is 11.3 Å². The minimum atomic E-state index is -0.273. The predicted octanol–water partition coefficient (Wildman–Crippen LogP) is 3.86. The minimum absolute atomic E-state index is 0.135. The van der Waals surface area contributed by atoms with E-state index in [4.69, 9.17) is 11.6 Å². The quantitative estimate of drug-likeness (QED) is 0.907. The fraction of sp³-hybridized carbons (Fsp3) is 0.235. The van der Waals surface area contributed by atoms with Gasteiger partial charge in [-0.3, -0.25) is 9.69 Å². The molecular weight excluding hydrogens is 303 g/mol. The van der Waals surface area contributed by atoms with E-state index in [0.717, 1.165) is 11.1 Å². The molecule has 2 aromatic rings. The van der Waals surface area contributed by atoms with E-state index in [1.165, 1.54) is 12.1 Å². The van der Waals surface area contributed by atoms with Gasteiger partial charge in [0.15, 0.2) is 0 Å². The fourth-order valence-electron chi connectivity index (χ4n) is 2.17. The summed E-state index contributed by atoms with van der Waals surface area (Å²) in [5, 5.41) is 3.42. The third kappa shape index (κ3) is 4.83. The summed E-state index contributed by atoms with van der Waals surface area (Å²) >= 11 is 5.93. The Hall–Kier alpha value is -1.91. The van der Waals surface area contributed by atoms with E-state index in [-0.39, 0.29) is 18.3 Å². The van der Waals surface area contributed by atoms with Gasteiger partial charge in [-0.25, -0.2) is 4.39 Å². The molecule has 22 heavy (non-hydrogen) atoms. The van der Waals surface area contributed by atoms with Gasteiger partial charge in [0.2, 0.25) is 5.91 Å². The van der Waals surface area contributed by atoms with Gasteiger partial charge < -0.3 is 5.32 Å². The molecular formula is C17H18ClFN2O. The number of hydrogen-bond acceptors (Lipinski definition) is 2. The molecule has 0 bridgehead atoms. The van der Waals surface area contributed by atoms with Gasteiger partial charge in [0.05, 0.1) is 6.54 Å². The molecule has 5 heteroatoms. The van der Waals surface area contributed by atoms with Gasteiger partial charge in [0, 0.05) is 17.3 Å². The summed E-state index contributed by atoms with van der Waals surface area (Å²) in [7, 11) is 1.81. The fourth-order valence-corrected chi connectivity index (χ4v) is 2.34. The number of aryl methyl sites for hydroxylation is 1. The number of benzene rings is 2. The Morgan fingerprint density at radius 1 is 1.27 bits per heavy atom. The summed E-state index contributed by atoms with van der Waals surface area (Å²) in [6, 6.07) is 11.7. The Labute approximate surface area is 134 Å². The van der Waals surface area contributed by atoms with Crippen molar-refractivity contribution in [1.29, 1.82) is 0 Å². The SMILES string of the molecule is Cc1ccc(Cl)cc1NC(=O)CN(C)Cc1cccc(F)c1. The molecule has 1 amide bonds. The number of likely N-dealkylation sites (N-methyl/N-ethyl adjacent to an activating group) is 1. The number of carbonyl (C=O) groups excluding carboxylic acids is 1. The van der Waals surface area contributed by atoms with Crippen LogP contribution in [0.15, 0.2) is 42.5 Å². The second-order valence-corrected chi connectivity index (χ2v) is 5.75. The lowest BCUT2D eigenvalue weighted by Gasteiger charge is -2.17. The normalized spacial score (nSPS) is 10.8. The molecule has 3 nitrogen and oxygen atoms in total. The number of amides is 1. The van der Waals surface area contributed by atoms with Crippen molar-refractivity contribution in [2.75, 3.05) is 18.9 Å². The molecule has 0 heterocycles. The van der Waals surface area contributed by atoms with Crippen LogP contribution < -0.4 is 5.32 Å². The maximum atomic E-state index is 13.1. The number of hydrogen-bond donors (Lipinski definition) is 1. The van der Waals surface area contributed by atoms with Crippen LogP contribution in [0.3, 0.4) is 0 Å². The molecule has 0 spiro atoms. The molecule has 0 fully saturated rings. The lowest BCUT2D eigenvalue weighted by atomic mass is 10.2. The van der Waals surface area contributed by atoms with Crippen LogP contribution in [0.1, 0.15) is 11.1 Å². The van der Waals surface area contributed by atoms with Gasteiger partial charge >= 0.3 is 0 Å². The van der Waals surface area contributed by atoms with E-state index in [9.17, 15) is 9.18 Å². The van der Waals surface area contributed by atoms with Crippen molar-refractivity contribution in [2.24, 2.45) is 0 Å². The third-order valence-electron chi connectivity index (χ3n) is 3.23. The molecule has 0 aliphatic carbocycles. The molecule has 2 rings (SSSR count). The first-order valence-corrected chi connectivity index (χ1v) is 7.31. The number of anilines is 1. The zero-order valence-electron chi connectivity index (χ0n) is 12.6. The number of nitrogens with one attached hydrogen (secondary N) is 1. The number of carbonyl (C=O) groups is 1. The Bertz CT molecular complexity index is 675. The largest absolute Gasteiger partial charge is 0.325 e. The third-order valence-corrected chi connectivity index (χ3v) is 3.46. The second kappa shape index (κ2) is 7.38. The average molecular weight is 321 g/mol. The maximum Gasteiger partial charge on any atom is 0.238 e. The van der Waals surface area contributed by atoms with E-state index >= 15 is 0 Å². The van der Waals surface area contributed by atoms with Crippen molar-refractivity contribution >= 4 is 23.2 Å². The summed E-state index contributed by atoms with van der Waals surface area (Å²) in [4.78, 5) is 13.9. The predicted molar refractivity (Wildman–Crippen MR) is 87.6 cm³/mol. The molecule has 0 aromatic heterocycles. The Kier molecular flexibility index (Phi) is 5.52. The molecule has 0 aliphatic heterocycles. The van der Waals surface area contributed by atoms with Crippen molar-refractivity contribution in [3.05, 3.63) is 64.4 Å².